The molecule has 4 rings (SSSR count). The summed E-state index contributed by atoms with van der Waals surface area (Å²) in [5.41, 5.74) is 1.84. The molecule has 0 aliphatic heterocycles. The summed E-state index contributed by atoms with van der Waals surface area (Å²) in [5.74, 6) is -0.173. The minimum atomic E-state index is -4.25. The van der Waals surface area contributed by atoms with E-state index in [9.17, 15) is 18.0 Å². The molecular formula is C36H40BrN3O6S. The Morgan fingerprint density at radius 1 is 0.830 bits per heavy atom. The molecular weight excluding hydrogens is 682 g/mol. The largest absolute Gasteiger partial charge is 0.493 e. The molecule has 9 nitrogen and oxygen atoms in total. The normalized spacial score (nSPS) is 12.4. The van der Waals surface area contributed by atoms with E-state index in [2.05, 4.69) is 21.2 Å². The quantitative estimate of drug-likeness (QED) is 0.156. The van der Waals surface area contributed by atoms with Crippen LogP contribution in [0.5, 0.6) is 11.5 Å². The zero-order valence-electron chi connectivity index (χ0n) is 26.9. The van der Waals surface area contributed by atoms with E-state index in [0.29, 0.717) is 17.9 Å². The van der Waals surface area contributed by atoms with Gasteiger partial charge >= 0.3 is 0 Å². The van der Waals surface area contributed by atoms with Crippen LogP contribution >= 0.6 is 15.9 Å². The first-order chi connectivity index (χ1) is 22.6. The third-order valence-electron chi connectivity index (χ3n) is 7.80. The van der Waals surface area contributed by atoms with E-state index in [1.54, 1.807) is 30.3 Å². The smallest absolute Gasteiger partial charge is 0.264 e. The summed E-state index contributed by atoms with van der Waals surface area (Å²) < 4.78 is 41.2. The van der Waals surface area contributed by atoms with E-state index in [0.717, 1.165) is 19.9 Å². The number of methoxy groups -OCH3 is 2. The monoisotopic (exact) mass is 721 g/mol. The van der Waals surface area contributed by atoms with Gasteiger partial charge in [0.2, 0.25) is 11.8 Å². The lowest BCUT2D eigenvalue weighted by Gasteiger charge is -2.34. The lowest BCUT2D eigenvalue weighted by atomic mass is 10.0. The van der Waals surface area contributed by atoms with Gasteiger partial charge in [-0.15, -0.1) is 0 Å². The number of halogens is 1. The molecule has 2 atom stereocenters. The van der Waals surface area contributed by atoms with Crippen LogP contribution in [-0.2, 0) is 32.6 Å². The third kappa shape index (κ3) is 9.14. The number of anilines is 1. The Hall–Kier alpha value is -4.35. The fraction of sp³-hybridized carbons (Fsp3) is 0.278. The number of benzene rings is 4. The standard InChI is InChI=1S/C36H40BrN3O6S/c1-5-26(2)38-36(42)32(22-27-12-8-6-9-13-27)39(24-28-16-18-29(37)19-17-28)35(41)25-40(47(43,44)31-14-10-7-11-15-31)30-20-21-33(45-3)34(23-30)46-4/h6-21,23,26,32H,5,22,24-25H2,1-4H3,(H,38,42)/t26-,32-/m0/s1. The van der Waals surface area contributed by atoms with Gasteiger partial charge in [-0.2, -0.15) is 0 Å². The van der Waals surface area contributed by atoms with Gasteiger partial charge in [-0.25, -0.2) is 8.42 Å². The second kappa shape index (κ2) is 16.5. The van der Waals surface area contributed by atoms with E-state index >= 15 is 0 Å². The molecule has 248 valence electrons. The SMILES string of the molecule is CC[C@H](C)NC(=O)[C@H](Cc1ccccc1)N(Cc1ccc(Br)cc1)C(=O)CN(c1ccc(OC)c(OC)c1)S(=O)(=O)c1ccccc1. The molecule has 0 saturated heterocycles. The fourth-order valence-electron chi connectivity index (χ4n) is 5.01. The first-order valence-electron chi connectivity index (χ1n) is 15.2. The van der Waals surface area contributed by atoms with Crippen LogP contribution in [-0.4, -0.2) is 58.0 Å². The van der Waals surface area contributed by atoms with Crippen molar-refractivity contribution in [1.82, 2.24) is 10.2 Å². The summed E-state index contributed by atoms with van der Waals surface area (Å²) >= 11 is 3.46. The predicted molar refractivity (Wildman–Crippen MR) is 187 cm³/mol. The van der Waals surface area contributed by atoms with Gasteiger partial charge in [0.15, 0.2) is 11.5 Å². The Morgan fingerprint density at radius 3 is 2.04 bits per heavy atom. The van der Waals surface area contributed by atoms with Crippen LogP contribution in [0.2, 0.25) is 0 Å². The van der Waals surface area contributed by atoms with Crippen LogP contribution in [0.3, 0.4) is 0 Å². The molecule has 0 radical (unpaired) electrons. The summed E-state index contributed by atoms with van der Waals surface area (Å²) in [6.07, 6.45) is 0.931. The van der Waals surface area contributed by atoms with Gasteiger partial charge in [-0.1, -0.05) is 83.5 Å². The number of carbonyl (C=O) groups is 2. The van der Waals surface area contributed by atoms with Crippen molar-refractivity contribution in [2.75, 3.05) is 25.1 Å². The Balaban J connectivity index is 1.83. The summed E-state index contributed by atoms with van der Waals surface area (Å²) in [7, 11) is -1.32. The second-order valence-electron chi connectivity index (χ2n) is 11.0. The highest BCUT2D eigenvalue weighted by molar-refractivity contribution is 9.10. The van der Waals surface area contributed by atoms with Gasteiger partial charge in [-0.3, -0.25) is 13.9 Å². The molecule has 4 aromatic rings. The van der Waals surface area contributed by atoms with E-state index in [-0.39, 0.29) is 35.5 Å². The summed E-state index contributed by atoms with van der Waals surface area (Å²) in [6, 6.07) is 28.4. The zero-order chi connectivity index (χ0) is 34.0. The van der Waals surface area contributed by atoms with Crippen molar-refractivity contribution in [1.29, 1.82) is 0 Å². The van der Waals surface area contributed by atoms with Crippen LogP contribution in [0, 0.1) is 0 Å². The number of carbonyl (C=O) groups excluding carboxylic acids is 2. The van der Waals surface area contributed by atoms with Crippen molar-refractivity contribution in [3.8, 4) is 11.5 Å². The molecule has 1 N–H and O–H groups in total. The van der Waals surface area contributed by atoms with Crippen molar-refractivity contribution in [2.24, 2.45) is 0 Å². The van der Waals surface area contributed by atoms with Crippen molar-refractivity contribution in [3.63, 3.8) is 0 Å². The molecule has 0 aliphatic carbocycles. The average Bonchev–Trinajstić information content (AvgIpc) is 3.09. The Morgan fingerprint density at radius 2 is 1.45 bits per heavy atom. The molecule has 0 heterocycles. The molecule has 11 heteroatoms. The highest BCUT2D eigenvalue weighted by Crippen LogP contribution is 2.34. The topological polar surface area (TPSA) is 105 Å². The van der Waals surface area contributed by atoms with Crippen molar-refractivity contribution in [3.05, 3.63) is 119 Å². The van der Waals surface area contributed by atoms with E-state index < -0.39 is 28.5 Å². The number of hydrogen-bond acceptors (Lipinski definition) is 6. The van der Waals surface area contributed by atoms with Crippen LogP contribution in [0.4, 0.5) is 5.69 Å². The Labute approximate surface area is 285 Å². The van der Waals surface area contributed by atoms with Crippen LogP contribution < -0.4 is 19.1 Å². The number of ether oxygens (including phenoxy) is 2. The van der Waals surface area contributed by atoms with Crippen LogP contribution in [0.15, 0.2) is 112 Å². The molecule has 0 unspecified atom stereocenters. The third-order valence-corrected chi connectivity index (χ3v) is 10.1. The molecule has 47 heavy (non-hydrogen) atoms. The highest BCUT2D eigenvalue weighted by atomic mass is 79.9. The minimum Gasteiger partial charge on any atom is -0.493 e. The minimum absolute atomic E-state index is 0.0115. The Kier molecular flexibility index (Phi) is 12.4. The first-order valence-corrected chi connectivity index (χ1v) is 17.5. The molecule has 0 fully saturated rings. The van der Waals surface area contributed by atoms with Gasteiger partial charge in [-0.05, 0) is 60.9 Å². The average molecular weight is 723 g/mol. The van der Waals surface area contributed by atoms with Crippen molar-refractivity contribution >= 4 is 43.5 Å². The maximum Gasteiger partial charge on any atom is 0.264 e. The van der Waals surface area contributed by atoms with E-state index in [1.807, 2.05) is 68.4 Å². The lowest BCUT2D eigenvalue weighted by molar-refractivity contribution is -0.140. The number of rotatable bonds is 15. The van der Waals surface area contributed by atoms with Crippen LogP contribution in [0.1, 0.15) is 31.4 Å². The van der Waals surface area contributed by atoms with Gasteiger partial charge in [0.1, 0.15) is 12.6 Å². The fourth-order valence-corrected chi connectivity index (χ4v) is 6.70. The lowest BCUT2D eigenvalue weighted by Crippen LogP contribution is -2.54. The number of amides is 2. The van der Waals surface area contributed by atoms with E-state index in [4.69, 9.17) is 9.47 Å². The van der Waals surface area contributed by atoms with E-state index in [1.165, 1.54) is 37.3 Å². The number of sulfonamides is 1. The van der Waals surface area contributed by atoms with Gasteiger partial charge in [0.05, 0.1) is 24.8 Å². The molecule has 0 saturated carbocycles. The number of nitrogens with one attached hydrogen (secondary N) is 1. The van der Waals surface area contributed by atoms with Gasteiger partial charge < -0.3 is 19.7 Å². The van der Waals surface area contributed by atoms with Gasteiger partial charge in [0, 0.05) is 29.5 Å². The van der Waals surface area contributed by atoms with Gasteiger partial charge in [0.25, 0.3) is 10.0 Å². The predicted octanol–water partition coefficient (Wildman–Crippen LogP) is 6.22. The second-order valence-corrected chi connectivity index (χ2v) is 13.8. The maximum absolute atomic E-state index is 14.6. The number of nitrogens with zero attached hydrogens (tertiary/aromatic N) is 2. The zero-order valence-corrected chi connectivity index (χ0v) is 29.3. The molecule has 4 aromatic carbocycles. The molecule has 0 aliphatic rings. The molecule has 0 bridgehead atoms. The summed E-state index contributed by atoms with van der Waals surface area (Å²) in [5, 5.41) is 3.05. The summed E-state index contributed by atoms with van der Waals surface area (Å²) in [4.78, 5) is 30.1. The van der Waals surface area contributed by atoms with Crippen molar-refractivity contribution in [2.45, 2.75) is 50.2 Å². The van der Waals surface area contributed by atoms with Crippen molar-refractivity contribution < 1.29 is 27.5 Å². The maximum atomic E-state index is 14.6. The molecule has 2 amide bonds. The Bertz CT molecular complexity index is 1740. The molecule has 0 aromatic heterocycles. The number of hydrogen-bond donors (Lipinski definition) is 1. The molecule has 0 spiro atoms. The first kappa shape index (κ1) is 35.5. The van der Waals surface area contributed by atoms with Crippen LogP contribution in [0.25, 0.3) is 0 Å². The summed E-state index contributed by atoms with van der Waals surface area (Å²) in [6.45, 7) is 3.37. The highest BCUT2D eigenvalue weighted by Gasteiger charge is 2.35.